The highest BCUT2D eigenvalue weighted by Crippen LogP contribution is 2.35. The zero-order valence-corrected chi connectivity index (χ0v) is 12.9. The molecule has 0 aromatic heterocycles. The summed E-state index contributed by atoms with van der Waals surface area (Å²) in [7, 11) is 0. The van der Waals surface area contributed by atoms with Crippen molar-refractivity contribution in [3.63, 3.8) is 0 Å². The molecule has 2 aliphatic heterocycles. The summed E-state index contributed by atoms with van der Waals surface area (Å²) in [4.78, 5) is 25.1. The largest absolute Gasteiger partial charge is 0.369 e. The number of piperidine rings is 1. The molecule has 2 N–H and O–H groups in total. The third kappa shape index (κ3) is 2.93. The van der Waals surface area contributed by atoms with Crippen molar-refractivity contribution in [3.8, 4) is 0 Å². The molecule has 2 amide bonds. The second-order valence-electron chi connectivity index (χ2n) is 5.97. The van der Waals surface area contributed by atoms with E-state index in [9.17, 15) is 18.4 Å². The molecule has 0 radical (unpaired) electrons. The van der Waals surface area contributed by atoms with E-state index in [1.165, 1.54) is 6.07 Å². The minimum Gasteiger partial charge on any atom is -0.369 e. The number of rotatable bonds is 2. The van der Waals surface area contributed by atoms with Crippen LogP contribution in [-0.2, 0) is 9.59 Å². The van der Waals surface area contributed by atoms with E-state index in [-0.39, 0.29) is 18.4 Å². The van der Waals surface area contributed by atoms with E-state index >= 15 is 0 Å². The van der Waals surface area contributed by atoms with Gasteiger partial charge >= 0.3 is 0 Å². The molecule has 5 nitrogen and oxygen atoms in total. The Hall–Kier alpha value is -2.02. The molecule has 1 unspecified atom stereocenters. The van der Waals surface area contributed by atoms with Crippen LogP contribution in [0.15, 0.2) is 6.07 Å². The predicted octanol–water partition coefficient (Wildman–Crippen LogP) is 1.20. The Balaban J connectivity index is 1.97. The van der Waals surface area contributed by atoms with E-state index < -0.39 is 29.4 Å². The fraction of sp³-hybridized carbons (Fsp3) is 0.500. The van der Waals surface area contributed by atoms with Crippen LogP contribution in [0.25, 0.3) is 0 Å². The third-order valence-electron chi connectivity index (χ3n) is 4.52. The van der Waals surface area contributed by atoms with Crippen LogP contribution in [0.5, 0.6) is 0 Å². The fourth-order valence-corrected chi connectivity index (χ4v) is 3.25. The lowest BCUT2D eigenvalue weighted by atomic mass is 9.88. The number of nitrogens with zero attached hydrogens (tertiary/aromatic N) is 1. The molecule has 124 valence electrons. The Morgan fingerprint density at radius 2 is 1.91 bits per heavy atom. The summed E-state index contributed by atoms with van der Waals surface area (Å²) >= 11 is 0. The predicted molar refractivity (Wildman–Crippen MR) is 81.3 cm³/mol. The molecule has 2 heterocycles. The average molecular weight is 323 g/mol. The lowest BCUT2D eigenvalue weighted by molar-refractivity contribution is -0.134. The van der Waals surface area contributed by atoms with Crippen molar-refractivity contribution in [3.05, 3.63) is 28.8 Å². The molecule has 2 fully saturated rings. The zero-order chi connectivity index (χ0) is 16.6. The third-order valence-corrected chi connectivity index (χ3v) is 4.52. The standard InChI is InChI=1S/C16H19F2N3O2/c1-9-12(21-6-4-19-5-7-21)8-11(17)14(15(9)18)10-2-3-13(22)20-16(10)23/h8,10,19H,2-7H2,1H3,(H,20,22,23). The van der Waals surface area contributed by atoms with Gasteiger partial charge in [0.05, 0.1) is 5.92 Å². The molecular weight excluding hydrogens is 304 g/mol. The van der Waals surface area contributed by atoms with Gasteiger partial charge in [-0.1, -0.05) is 0 Å². The van der Waals surface area contributed by atoms with Gasteiger partial charge in [0.2, 0.25) is 11.8 Å². The first kappa shape index (κ1) is 15.9. The van der Waals surface area contributed by atoms with Gasteiger partial charge in [0.15, 0.2) is 0 Å². The maximum Gasteiger partial charge on any atom is 0.234 e. The number of amides is 2. The topological polar surface area (TPSA) is 61.4 Å². The van der Waals surface area contributed by atoms with Gasteiger partial charge in [-0.3, -0.25) is 14.9 Å². The van der Waals surface area contributed by atoms with Crippen LogP contribution in [0.4, 0.5) is 14.5 Å². The van der Waals surface area contributed by atoms with Crippen molar-refractivity contribution in [2.75, 3.05) is 31.1 Å². The highest BCUT2D eigenvalue weighted by Gasteiger charge is 2.34. The number of halogens is 2. The van der Waals surface area contributed by atoms with Crippen LogP contribution in [0.2, 0.25) is 0 Å². The maximum atomic E-state index is 14.8. The summed E-state index contributed by atoms with van der Waals surface area (Å²) in [6, 6.07) is 1.31. The number of carbonyl (C=O) groups is 2. The Morgan fingerprint density at radius 1 is 1.22 bits per heavy atom. The van der Waals surface area contributed by atoms with Gasteiger partial charge in [0, 0.05) is 49.4 Å². The maximum absolute atomic E-state index is 14.8. The monoisotopic (exact) mass is 323 g/mol. The second kappa shape index (κ2) is 6.23. The van der Waals surface area contributed by atoms with Crippen LogP contribution in [0.3, 0.4) is 0 Å². The first-order valence-electron chi connectivity index (χ1n) is 7.77. The number of imide groups is 1. The van der Waals surface area contributed by atoms with Crippen LogP contribution >= 0.6 is 0 Å². The van der Waals surface area contributed by atoms with Gasteiger partial charge in [-0.2, -0.15) is 0 Å². The Morgan fingerprint density at radius 3 is 2.57 bits per heavy atom. The normalized spacial score (nSPS) is 22.2. The van der Waals surface area contributed by atoms with Crippen molar-refractivity contribution in [2.24, 2.45) is 0 Å². The summed E-state index contributed by atoms with van der Waals surface area (Å²) in [5.41, 5.74) is 0.636. The van der Waals surface area contributed by atoms with Crippen LogP contribution < -0.4 is 15.5 Å². The van der Waals surface area contributed by atoms with Crippen molar-refractivity contribution in [2.45, 2.75) is 25.7 Å². The SMILES string of the molecule is Cc1c(N2CCNCC2)cc(F)c(C2CCC(=O)NC2=O)c1F. The molecule has 2 saturated heterocycles. The van der Waals surface area contributed by atoms with Crippen LogP contribution in [-0.4, -0.2) is 38.0 Å². The number of nitrogens with one attached hydrogen (secondary N) is 2. The minimum absolute atomic E-state index is 0.0912. The highest BCUT2D eigenvalue weighted by atomic mass is 19.1. The number of hydrogen-bond acceptors (Lipinski definition) is 4. The molecule has 7 heteroatoms. The first-order valence-corrected chi connectivity index (χ1v) is 7.77. The molecule has 0 spiro atoms. The molecule has 23 heavy (non-hydrogen) atoms. The summed E-state index contributed by atoms with van der Waals surface area (Å²) < 4.78 is 29.3. The van der Waals surface area contributed by atoms with Crippen molar-refractivity contribution in [1.82, 2.24) is 10.6 Å². The Labute approximate surface area is 133 Å². The molecule has 2 aliphatic rings. The van der Waals surface area contributed by atoms with Gasteiger partial charge < -0.3 is 10.2 Å². The Bertz CT molecular complexity index is 657. The van der Waals surface area contributed by atoms with Gasteiger partial charge in [-0.25, -0.2) is 8.78 Å². The van der Waals surface area contributed by atoms with E-state index in [2.05, 4.69) is 10.6 Å². The van der Waals surface area contributed by atoms with E-state index in [0.717, 1.165) is 13.1 Å². The molecule has 1 aromatic rings. The van der Waals surface area contributed by atoms with E-state index in [4.69, 9.17) is 0 Å². The van der Waals surface area contributed by atoms with E-state index in [1.54, 1.807) is 6.92 Å². The lowest BCUT2D eigenvalue weighted by Gasteiger charge is -2.32. The van der Waals surface area contributed by atoms with Crippen molar-refractivity contribution in [1.29, 1.82) is 0 Å². The number of benzene rings is 1. The van der Waals surface area contributed by atoms with Gasteiger partial charge in [-0.15, -0.1) is 0 Å². The average Bonchev–Trinajstić information content (AvgIpc) is 2.54. The molecule has 3 rings (SSSR count). The van der Waals surface area contributed by atoms with Gasteiger partial charge in [0.1, 0.15) is 11.6 Å². The van der Waals surface area contributed by atoms with Crippen LogP contribution in [0, 0.1) is 18.6 Å². The molecule has 1 aromatic carbocycles. The fourth-order valence-electron chi connectivity index (χ4n) is 3.25. The number of hydrogen-bond donors (Lipinski definition) is 2. The summed E-state index contributed by atoms with van der Waals surface area (Å²) in [5.74, 6) is -3.40. The number of piperazine rings is 1. The summed E-state index contributed by atoms with van der Waals surface area (Å²) in [6.45, 7) is 4.48. The summed E-state index contributed by atoms with van der Waals surface area (Å²) in [5, 5.41) is 5.34. The molecule has 1 atom stereocenters. The van der Waals surface area contributed by atoms with Gasteiger partial charge in [-0.05, 0) is 19.4 Å². The molecular formula is C16H19F2N3O2. The first-order chi connectivity index (χ1) is 11.0. The zero-order valence-electron chi connectivity index (χ0n) is 12.9. The highest BCUT2D eigenvalue weighted by molar-refractivity contribution is 6.01. The molecule has 0 aliphatic carbocycles. The Kier molecular flexibility index (Phi) is 4.30. The molecule has 0 bridgehead atoms. The molecule has 0 saturated carbocycles. The summed E-state index contributed by atoms with van der Waals surface area (Å²) in [6.07, 6.45) is 0.221. The van der Waals surface area contributed by atoms with Gasteiger partial charge in [0.25, 0.3) is 0 Å². The van der Waals surface area contributed by atoms with E-state index in [1.807, 2.05) is 4.90 Å². The quantitative estimate of drug-likeness (QED) is 0.803. The van der Waals surface area contributed by atoms with E-state index in [0.29, 0.717) is 24.3 Å². The van der Waals surface area contributed by atoms with Crippen molar-refractivity contribution >= 4 is 17.5 Å². The number of anilines is 1. The minimum atomic E-state index is -0.955. The second-order valence-corrected chi connectivity index (χ2v) is 5.97. The number of carbonyl (C=O) groups excluding carboxylic acids is 2. The smallest absolute Gasteiger partial charge is 0.234 e. The lowest BCUT2D eigenvalue weighted by Crippen LogP contribution is -2.44. The van der Waals surface area contributed by atoms with Crippen molar-refractivity contribution < 1.29 is 18.4 Å². The van der Waals surface area contributed by atoms with Crippen LogP contribution in [0.1, 0.15) is 29.9 Å².